The molecule has 0 bridgehead atoms. The number of alkyl halides is 2. The normalized spacial score (nSPS) is 12.4. The van der Waals surface area contributed by atoms with E-state index in [1.54, 1.807) is 18.5 Å². The van der Waals surface area contributed by atoms with E-state index in [1.165, 1.54) is 32.0 Å². The first kappa shape index (κ1) is 21.1. The summed E-state index contributed by atoms with van der Waals surface area (Å²) in [6, 6.07) is 8.71. The number of aromatic nitrogens is 2. The highest BCUT2D eigenvalue weighted by Gasteiger charge is 2.31. The van der Waals surface area contributed by atoms with Crippen LogP contribution in [0.15, 0.2) is 48.8 Å². The van der Waals surface area contributed by atoms with Gasteiger partial charge in [-0.15, -0.1) is 0 Å². The molecule has 0 aliphatic carbocycles. The minimum atomic E-state index is -3.03. The van der Waals surface area contributed by atoms with Crippen LogP contribution < -0.4 is 10.6 Å². The highest BCUT2D eigenvalue weighted by atomic mass is 19.3. The topological polar surface area (TPSA) is 111 Å². The monoisotopic (exact) mass is 413 g/mol. The van der Waals surface area contributed by atoms with E-state index >= 15 is 0 Å². The summed E-state index contributed by atoms with van der Waals surface area (Å²) in [5.74, 6) is -5.79. The van der Waals surface area contributed by atoms with Crippen molar-refractivity contribution in [2.24, 2.45) is 5.92 Å². The molecule has 3 aromatic rings. The van der Waals surface area contributed by atoms with Crippen LogP contribution in [-0.4, -0.2) is 27.5 Å². The molecule has 2 amide bonds. The predicted octanol–water partition coefficient (Wildman–Crippen LogP) is 4.30. The minimum Gasteiger partial charge on any atom is -0.361 e. The molecule has 0 saturated carbocycles. The van der Waals surface area contributed by atoms with Gasteiger partial charge in [0.25, 0.3) is 5.92 Å². The van der Waals surface area contributed by atoms with Gasteiger partial charge < -0.3 is 21.0 Å². The van der Waals surface area contributed by atoms with Crippen LogP contribution in [0, 0.1) is 11.3 Å². The first-order valence-corrected chi connectivity index (χ1v) is 9.29. The lowest BCUT2D eigenvalue weighted by Crippen LogP contribution is -2.38. The summed E-state index contributed by atoms with van der Waals surface area (Å²) < 4.78 is 27.9. The summed E-state index contributed by atoms with van der Waals surface area (Å²) in [6.07, 6.45) is 2.91. The zero-order valence-electron chi connectivity index (χ0n) is 16.4. The molecule has 3 rings (SSSR count). The SMILES string of the molecule is CCC(F)(F)c1cccc(NC(=O)C(C(C)=N)C(=O)Nc2cc3[nH]ccc3cn2)c1. The molecule has 2 aromatic heterocycles. The Morgan fingerprint density at radius 1 is 1.20 bits per heavy atom. The molecule has 9 heteroatoms. The van der Waals surface area contributed by atoms with E-state index in [2.05, 4.69) is 20.6 Å². The number of rotatable bonds is 7. The lowest BCUT2D eigenvalue weighted by Gasteiger charge is -2.18. The average molecular weight is 413 g/mol. The molecule has 0 spiro atoms. The fourth-order valence-corrected chi connectivity index (χ4v) is 2.97. The average Bonchev–Trinajstić information content (AvgIpc) is 3.15. The second-order valence-corrected chi connectivity index (χ2v) is 6.87. The molecule has 0 radical (unpaired) electrons. The first-order valence-electron chi connectivity index (χ1n) is 9.29. The number of aromatic amines is 1. The number of amides is 2. The second-order valence-electron chi connectivity index (χ2n) is 6.87. The van der Waals surface area contributed by atoms with Crippen LogP contribution in [0.5, 0.6) is 0 Å². The maximum Gasteiger partial charge on any atom is 0.273 e. The molecule has 30 heavy (non-hydrogen) atoms. The van der Waals surface area contributed by atoms with Gasteiger partial charge in [-0.2, -0.15) is 0 Å². The van der Waals surface area contributed by atoms with Gasteiger partial charge in [0.05, 0.1) is 5.52 Å². The van der Waals surface area contributed by atoms with Crippen molar-refractivity contribution in [3.05, 3.63) is 54.4 Å². The van der Waals surface area contributed by atoms with Crippen LogP contribution in [0.4, 0.5) is 20.3 Å². The number of hydrogen-bond acceptors (Lipinski definition) is 4. The first-order chi connectivity index (χ1) is 14.2. The molecule has 0 aliphatic rings. The van der Waals surface area contributed by atoms with Crippen molar-refractivity contribution in [3.8, 4) is 0 Å². The summed E-state index contributed by atoms with van der Waals surface area (Å²) in [6.45, 7) is 2.69. The number of fused-ring (bicyclic) bond motifs is 1. The van der Waals surface area contributed by atoms with Crippen LogP contribution in [-0.2, 0) is 15.5 Å². The highest BCUT2D eigenvalue weighted by Crippen LogP contribution is 2.32. The molecule has 0 fully saturated rings. The molecule has 2 heterocycles. The maximum absolute atomic E-state index is 13.9. The number of anilines is 2. The van der Waals surface area contributed by atoms with E-state index < -0.39 is 23.7 Å². The lowest BCUT2D eigenvalue weighted by atomic mass is 10.0. The quantitative estimate of drug-likeness (QED) is 0.342. The lowest BCUT2D eigenvalue weighted by molar-refractivity contribution is -0.126. The van der Waals surface area contributed by atoms with E-state index in [4.69, 9.17) is 5.41 Å². The fraction of sp³-hybridized carbons (Fsp3) is 0.238. The minimum absolute atomic E-state index is 0.121. The number of pyridine rings is 1. The summed E-state index contributed by atoms with van der Waals surface area (Å²) in [5, 5.41) is 13.7. The third-order valence-electron chi connectivity index (χ3n) is 4.64. The van der Waals surface area contributed by atoms with Gasteiger partial charge in [0.2, 0.25) is 11.8 Å². The van der Waals surface area contributed by atoms with Crippen LogP contribution in [0.1, 0.15) is 25.8 Å². The van der Waals surface area contributed by atoms with Crippen molar-refractivity contribution >= 4 is 39.9 Å². The van der Waals surface area contributed by atoms with Crippen LogP contribution in [0.3, 0.4) is 0 Å². The number of H-pyrrole nitrogens is 1. The van der Waals surface area contributed by atoms with E-state index in [-0.39, 0.29) is 29.2 Å². The molecular weight excluding hydrogens is 392 g/mol. The summed E-state index contributed by atoms with van der Waals surface area (Å²) >= 11 is 0. The van der Waals surface area contributed by atoms with Crippen LogP contribution in [0.2, 0.25) is 0 Å². The van der Waals surface area contributed by atoms with Gasteiger partial charge in [-0.3, -0.25) is 9.59 Å². The maximum atomic E-state index is 13.9. The number of nitrogens with one attached hydrogen (secondary N) is 4. The summed E-state index contributed by atoms with van der Waals surface area (Å²) in [5.41, 5.74) is 0.442. The van der Waals surface area contributed by atoms with Gasteiger partial charge in [-0.1, -0.05) is 19.1 Å². The number of benzene rings is 1. The molecule has 0 aliphatic heterocycles. The van der Waals surface area contributed by atoms with Gasteiger partial charge in [-0.05, 0) is 25.1 Å². The molecule has 7 nitrogen and oxygen atoms in total. The van der Waals surface area contributed by atoms with Crippen molar-refractivity contribution in [1.82, 2.24) is 9.97 Å². The molecule has 1 atom stereocenters. The van der Waals surface area contributed by atoms with Crippen molar-refractivity contribution in [1.29, 1.82) is 5.41 Å². The Morgan fingerprint density at radius 3 is 2.63 bits per heavy atom. The van der Waals surface area contributed by atoms with Gasteiger partial charge in [-0.25, -0.2) is 13.8 Å². The van der Waals surface area contributed by atoms with Gasteiger partial charge in [0.1, 0.15) is 5.82 Å². The van der Waals surface area contributed by atoms with E-state index in [0.717, 1.165) is 17.0 Å². The zero-order chi connectivity index (χ0) is 21.9. The van der Waals surface area contributed by atoms with Crippen molar-refractivity contribution in [3.63, 3.8) is 0 Å². The number of hydrogen-bond donors (Lipinski definition) is 4. The Morgan fingerprint density at radius 2 is 1.93 bits per heavy atom. The number of carbonyl (C=O) groups excluding carboxylic acids is 2. The van der Waals surface area contributed by atoms with E-state index in [9.17, 15) is 18.4 Å². The summed E-state index contributed by atoms with van der Waals surface area (Å²) in [4.78, 5) is 32.4. The Hall–Kier alpha value is -3.62. The van der Waals surface area contributed by atoms with E-state index in [0.29, 0.717) is 0 Å². The number of halogens is 2. The van der Waals surface area contributed by atoms with E-state index in [1.807, 2.05) is 6.07 Å². The third-order valence-corrected chi connectivity index (χ3v) is 4.64. The van der Waals surface area contributed by atoms with Gasteiger partial charge in [0, 0.05) is 47.2 Å². The van der Waals surface area contributed by atoms with Gasteiger partial charge >= 0.3 is 0 Å². The second kappa shape index (κ2) is 8.40. The molecular formula is C21H21F2N5O2. The summed E-state index contributed by atoms with van der Waals surface area (Å²) in [7, 11) is 0. The number of carbonyl (C=O) groups is 2. The Bertz CT molecular complexity index is 1110. The largest absolute Gasteiger partial charge is 0.361 e. The third kappa shape index (κ3) is 4.51. The zero-order valence-corrected chi connectivity index (χ0v) is 16.4. The fourth-order valence-electron chi connectivity index (χ4n) is 2.97. The molecule has 4 N–H and O–H groups in total. The standard InChI is InChI=1S/C21H21F2N5O2/c1-3-21(22,23)14-5-4-6-15(9-14)27-19(29)18(12(2)24)20(30)28-17-10-16-13(11-26-17)7-8-25-16/h4-11,18,24-25H,3H2,1-2H3,(H,27,29)(H,26,28,30). The van der Waals surface area contributed by atoms with Crippen molar-refractivity contribution in [2.75, 3.05) is 10.6 Å². The molecule has 156 valence electrons. The smallest absolute Gasteiger partial charge is 0.273 e. The Labute approximate surface area is 171 Å². The van der Waals surface area contributed by atoms with Crippen molar-refractivity contribution < 1.29 is 18.4 Å². The molecule has 1 aromatic carbocycles. The molecule has 0 saturated heterocycles. The van der Waals surface area contributed by atoms with Crippen LogP contribution in [0.25, 0.3) is 10.9 Å². The molecule has 1 unspecified atom stereocenters. The predicted molar refractivity (Wildman–Crippen MR) is 111 cm³/mol. The Kier molecular flexibility index (Phi) is 5.91. The number of nitrogens with zero attached hydrogens (tertiary/aromatic N) is 1. The van der Waals surface area contributed by atoms with Crippen molar-refractivity contribution in [2.45, 2.75) is 26.2 Å². The van der Waals surface area contributed by atoms with Crippen LogP contribution >= 0.6 is 0 Å². The Balaban J connectivity index is 1.77. The van der Waals surface area contributed by atoms with Gasteiger partial charge in [0.15, 0.2) is 5.92 Å². The highest BCUT2D eigenvalue weighted by molar-refractivity contribution is 6.24.